The summed E-state index contributed by atoms with van der Waals surface area (Å²) in [6.45, 7) is 1.90. The molecule has 0 saturated carbocycles. The number of anilines is 1. The van der Waals surface area contributed by atoms with Gasteiger partial charge in [0.15, 0.2) is 5.76 Å². The molecule has 0 radical (unpaired) electrons. The minimum atomic E-state index is 0.775. The lowest BCUT2D eigenvalue weighted by Gasteiger charge is -2.02. The van der Waals surface area contributed by atoms with Gasteiger partial charge in [-0.1, -0.05) is 5.16 Å². The highest BCUT2D eigenvalue weighted by molar-refractivity contribution is 5.60. The fraction of sp³-hybridized carbons (Fsp3) is 0.182. The molecule has 1 aromatic carbocycles. The summed E-state index contributed by atoms with van der Waals surface area (Å²) in [5.74, 6) is 0.775. The van der Waals surface area contributed by atoms with E-state index in [0.717, 1.165) is 22.7 Å². The molecule has 1 heterocycles. The third-order valence-electron chi connectivity index (χ3n) is 2.02. The van der Waals surface area contributed by atoms with E-state index in [1.807, 2.05) is 37.3 Å². The zero-order chi connectivity index (χ0) is 10.7. The average molecular weight is 204 g/mol. The molecule has 1 N–H and O–H groups in total. The number of aromatic nitrogens is 1. The lowest BCUT2D eigenvalue weighted by molar-refractivity contribution is 0.271. The second-order valence-electron chi connectivity index (χ2n) is 3.22. The second kappa shape index (κ2) is 4.14. The molecular weight excluding hydrogens is 192 g/mol. The first-order chi connectivity index (χ1) is 7.29. The van der Waals surface area contributed by atoms with Crippen LogP contribution >= 0.6 is 0 Å². The molecule has 0 bridgehead atoms. The first kappa shape index (κ1) is 9.73. The first-order valence-corrected chi connectivity index (χ1v) is 4.62. The van der Waals surface area contributed by atoms with Gasteiger partial charge in [-0.05, 0) is 31.2 Å². The maximum absolute atomic E-state index is 5.15. The molecule has 2 aromatic rings. The van der Waals surface area contributed by atoms with Gasteiger partial charge in [-0.15, -0.1) is 0 Å². The Balaban J connectivity index is 2.23. The van der Waals surface area contributed by atoms with Gasteiger partial charge in [0, 0.05) is 11.6 Å². The van der Waals surface area contributed by atoms with E-state index in [-0.39, 0.29) is 0 Å². The maximum atomic E-state index is 5.15. The van der Waals surface area contributed by atoms with E-state index in [9.17, 15) is 0 Å². The zero-order valence-corrected chi connectivity index (χ0v) is 8.65. The molecule has 0 unspecified atom stereocenters. The van der Waals surface area contributed by atoms with Crippen molar-refractivity contribution in [2.45, 2.75) is 6.92 Å². The Kier molecular flexibility index (Phi) is 2.69. The lowest BCUT2D eigenvalue weighted by Crippen LogP contribution is -1.94. The van der Waals surface area contributed by atoms with Gasteiger partial charge in [-0.2, -0.15) is 0 Å². The van der Waals surface area contributed by atoms with Crippen LogP contribution in [0.1, 0.15) is 5.69 Å². The van der Waals surface area contributed by atoms with E-state index in [4.69, 9.17) is 9.36 Å². The highest BCUT2D eigenvalue weighted by atomic mass is 16.6. The molecular formula is C11H12N2O2. The number of hydrogen-bond donors (Lipinski definition) is 1. The molecule has 4 heteroatoms. The van der Waals surface area contributed by atoms with Crippen molar-refractivity contribution in [2.24, 2.45) is 0 Å². The van der Waals surface area contributed by atoms with Crippen LogP contribution < -0.4 is 5.48 Å². The average Bonchev–Trinajstić information content (AvgIpc) is 2.67. The van der Waals surface area contributed by atoms with Gasteiger partial charge in [-0.3, -0.25) is 10.3 Å². The number of nitrogens with zero attached hydrogens (tertiary/aromatic N) is 1. The standard InChI is InChI=1S/C11H12N2O2/c1-8-7-11(15-12-8)9-3-5-10(6-4-9)13-14-2/h3-7,13H,1-2H3. The van der Waals surface area contributed by atoms with Gasteiger partial charge in [0.1, 0.15) is 0 Å². The van der Waals surface area contributed by atoms with E-state index in [0.29, 0.717) is 0 Å². The van der Waals surface area contributed by atoms with Crippen LogP contribution in [0, 0.1) is 6.92 Å². The summed E-state index contributed by atoms with van der Waals surface area (Å²) in [7, 11) is 1.58. The summed E-state index contributed by atoms with van der Waals surface area (Å²) >= 11 is 0. The smallest absolute Gasteiger partial charge is 0.167 e. The van der Waals surface area contributed by atoms with Crippen LogP contribution in [0.25, 0.3) is 11.3 Å². The van der Waals surface area contributed by atoms with Crippen LogP contribution in [-0.2, 0) is 4.84 Å². The van der Waals surface area contributed by atoms with Crippen LogP contribution in [0.15, 0.2) is 34.9 Å². The van der Waals surface area contributed by atoms with Crippen molar-refractivity contribution in [2.75, 3.05) is 12.6 Å². The van der Waals surface area contributed by atoms with Gasteiger partial charge < -0.3 is 4.52 Å². The van der Waals surface area contributed by atoms with Crippen LogP contribution in [0.2, 0.25) is 0 Å². The fourth-order valence-electron chi connectivity index (χ4n) is 1.32. The maximum Gasteiger partial charge on any atom is 0.167 e. The largest absolute Gasteiger partial charge is 0.356 e. The molecule has 0 aliphatic carbocycles. The van der Waals surface area contributed by atoms with E-state index in [1.54, 1.807) is 7.11 Å². The SMILES string of the molecule is CONc1ccc(-c2cc(C)no2)cc1. The minimum absolute atomic E-state index is 0.775. The van der Waals surface area contributed by atoms with Crippen LogP contribution in [-0.4, -0.2) is 12.3 Å². The van der Waals surface area contributed by atoms with E-state index in [2.05, 4.69) is 10.6 Å². The van der Waals surface area contributed by atoms with Crippen molar-refractivity contribution >= 4 is 5.69 Å². The summed E-state index contributed by atoms with van der Waals surface area (Å²) < 4.78 is 5.15. The molecule has 4 nitrogen and oxygen atoms in total. The van der Waals surface area contributed by atoms with Crippen molar-refractivity contribution < 1.29 is 9.36 Å². The van der Waals surface area contributed by atoms with Crippen molar-refractivity contribution in [1.82, 2.24) is 5.16 Å². The molecule has 15 heavy (non-hydrogen) atoms. The number of benzene rings is 1. The summed E-state index contributed by atoms with van der Waals surface area (Å²) in [5.41, 5.74) is 5.52. The Hall–Kier alpha value is -1.81. The summed E-state index contributed by atoms with van der Waals surface area (Å²) in [4.78, 5) is 4.79. The van der Waals surface area contributed by atoms with Crippen LogP contribution in [0.5, 0.6) is 0 Å². The monoisotopic (exact) mass is 204 g/mol. The van der Waals surface area contributed by atoms with Crippen molar-refractivity contribution in [3.8, 4) is 11.3 Å². The first-order valence-electron chi connectivity index (χ1n) is 4.62. The van der Waals surface area contributed by atoms with Gasteiger partial charge in [-0.25, -0.2) is 0 Å². The van der Waals surface area contributed by atoms with Gasteiger partial charge in [0.25, 0.3) is 0 Å². The molecule has 0 amide bonds. The van der Waals surface area contributed by atoms with E-state index in [1.165, 1.54) is 0 Å². The Morgan fingerprint density at radius 1 is 1.27 bits per heavy atom. The third kappa shape index (κ3) is 2.16. The van der Waals surface area contributed by atoms with Gasteiger partial charge >= 0.3 is 0 Å². The minimum Gasteiger partial charge on any atom is -0.356 e. The third-order valence-corrected chi connectivity index (χ3v) is 2.02. The number of hydrogen-bond acceptors (Lipinski definition) is 4. The second-order valence-corrected chi connectivity index (χ2v) is 3.22. The van der Waals surface area contributed by atoms with E-state index >= 15 is 0 Å². The molecule has 0 fully saturated rings. The zero-order valence-electron chi connectivity index (χ0n) is 8.65. The Morgan fingerprint density at radius 2 is 2.00 bits per heavy atom. The summed E-state index contributed by atoms with van der Waals surface area (Å²) in [5, 5.41) is 3.84. The molecule has 0 spiro atoms. The molecule has 0 aliphatic rings. The predicted octanol–water partition coefficient (Wildman–Crippen LogP) is 2.62. The Morgan fingerprint density at radius 3 is 2.53 bits per heavy atom. The van der Waals surface area contributed by atoms with Crippen LogP contribution in [0.4, 0.5) is 5.69 Å². The molecule has 0 saturated heterocycles. The summed E-state index contributed by atoms with van der Waals surface area (Å²) in [6, 6.07) is 9.62. The number of nitrogens with one attached hydrogen (secondary N) is 1. The molecule has 78 valence electrons. The highest BCUT2D eigenvalue weighted by Gasteiger charge is 2.03. The van der Waals surface area contributed by atoms with Crippen molar-refractivity contribution in [1.29, 1.82) is 0 Å². The van der Waals surface area contributed by atoms with Gasteiger partial charge in [0.2, 0.25) is 0 Å². The Bertz CT molecular complexity index is 434. The number of rotatable bonds is 3. The van der Waals surface area contributed by atoms with Crippen molar-refractivity contribution in [3.63, 3.8) is 0 Å². The van der Waals surface area contributed by atoms with Crippen LogP contribution in [0.3, 0.4) is 0 Å². The normalized spacial score (nSPS) is 10.3. The lowest BCUT2D eigenvalue weighted by atomic mass is 10.1. The fourth-order valence-corrected chi connectivity index (χ4v) is 1.32. The topological polar surface area (TPSA) is 47.3 Å². The molecule has 0 atom stereocenters. The molecule has 0 aliphatic heterocycles. The van der Waals surface area contributed by atoms with E-state index < -0.39 is 0 Å². The molecule has 2 rings (SSSR count). The van der Waals surface area contributed by atoms with Crippen molar-refractivity contribution in [3.05, 3.63) is 36.0 Å². The van der Waals surface area contributed by atoms with Gasteiger partial charge in [0.05, 0.1) is 18.5 Å². The quantitative estimate of drug-likeness (QED) is 0.781. The highest BCUT2D eigenvalue weighted by Crippen LogP contribution is 2.21. The molecule has 1 aromatic heterocycles. The number of aryl methyl sites for hydroxylation is 1. The summed E-state index contributed by atoms with van der Waals surface area (Å²) in [6.07, 6.45) is 0. The predicted molar refractivity (Wildman–Crippen MR) is 57.3 cm³/mol. The Labute approximate surface area is 87.8 Å².